The Morgan fingerprint density at radius 2 is 1.95 bits per heavy atom. The van der Waals surface area contributed by atoms with E-state index in [0.29, 0.717) is 0 Å². The maximum Gasteiger partial charge on any atom is 0.340 e. The summed E-state index contributed by atoms with van der Waals surface area (Å²) in [6.07, 6.45) is 1.69. The van der Waals surface area contributed by atoms with E-state index in [1.54, 1.807) is 6.20 Å². The number of rotatable bonds is 1. The summed E-state index contributed by atoms with van der Waals surface area (Å²) in [6, 6.07) is 5.78. The molecule has 1 heterocycles. The molecule has 0 N–H and O–H groups in total. The van der Waals surface area contributed by atoms with E-state index < -0.39 is 13.5 Å². The maximum absolute atomic E-state index is 12.0. The summed E-state index contributed by atoms with van der Waals surface area (Å²) in [5, 5.41) is 5.04. The van der Waals surface area contributed by atoms with Crippen molar-refractivity contribution in [2.45, 2.75) is 40.4 Å². The molecule has 116 valence electrons. The summed E-state index contributed by atoms with van der Waals surface area (Å²) < 4.78 is 0. The second kappa shape index (κ2) is 5.62. The highest BCUT2D eigenvalue weighted by atomic mass is 28.3. The number of carbonyl (C=O) groups is 1. The largest absolute Gasteiger partial charge is 0.340 e. The van der Waals surface area contributed by atoms with Crippen molar-refractivity contribution >= 4 is 24.9 Å². The number of carbonyl (C=O) groups excluding carboxylic acids is 1. The van der Waals surface area contributed by atoms with Gasteiger partial charge in [-0.1, -0.05) is 30.4 Å². The highest BCUT2D eigenvalue weighted by Gasteiger charge is 2.25. The maximum atomic E-state index is 12.0. The Hall–Kier alpha value is -2.06. The number of fused-ring (bicyclic) bond motifs is 1. The number of aromatic nitrogens is 2. The Kier molecular flexibility index (Phi) is 4.16. The smallest absolute Gasteiger partial charge is 0.318 e. The van der Waals surface area contributed by atoms with Gasteiger partial charge in [-0.15, -0.1) is 10.6 Å². The fourth-order valence-corrected chi connectivity index (χ4v) is 2.15. The standard InChI is InChI=1S/C17H22N2O2Si/c1-17(2,3)16(20)21-19-15-8-7-13(9-10-22(4,5)6)11-14(15)12-18-19/h7-8,11-12H,1-6H3. The van der Waals surface area contributed by atoms with Crippen LogP contribution >= 0.6 is 0 Å². The van der Waals surface area contributed by atoms with E-state index in [4.69, 9.17) is 4.84 Å². The van der Waals surface area contributed by atoms with Crippen LogP contribution in [0.3, 0.4) is 0 Å². The lowest BCUT2D eigenvalue weighted by Crippen LogP contribution is -2.31. The highest BCUT2D eigenvalue weighted by molar-refractivity contribution is 6.83. The van der Waals surface area contributed by atoms with E-state index in [1.807, 2.05) is 39.0 Å². The molecule has 2 aromatic rings. The molecule has 0 unspecified atom stereocenters. The molecule has 0 radical (unpaired) electrons. The van der Waals surface area contributed by atoms with E-state index in [9.17, 15) is 4.79 Å². The number of benzene rings is 1. The van der Waals surface area contributed by atoms with E-state index in [1.165, 1.54) is 4.85 Å². The fraction of sp³-hybridized carbons (Fsp3) is 0.412. The molecule has 0 aliphatic carbocycles. The SMILES string of the molecule is CC(C)(C)C(=O)On1ncc2cc(C#C[Si](C)(C)C)ccc21. The third-order valence-electron chi connectivity index (χ3n) is 2.90. The zero-order valence-corrected chi connectivity index (χ0v) is 15.0. The zero-order valence-electron chi connectivity index (χ0n) is 14.0. The van der Waals surface area contributed by atoms with E-state index >= 15 is 0 Å². The number of hydrogen-bond donors (Lipinski definition) is 0. The summed E-state index contributed by atoms with van der Waals surface area (Å²) in [5.41, 5.74) is 4.49. The lowest BCUT2D eigenvalue weighted by Gasteiger charge is -2.15. The average molecular weight is 314 g/mol. The van der Waals surface area contributed by atoms with E-state index in [2.05, 4.69) is 36.2 Å². The van der Waals surface area contributed by atoms with Gasteiger partial charge in [-0.05, 0) is 39.0 Å². The first kappa shape index (κ1) is 16.3. The lowest BCUT2D eigenvalue weighted by atomic mass is 9.98. The monoisotopic (exact) mass is 314 g/mol. The molecule has 0 bridgehead atoms. The number of nitrogens with zero attached hydrogens (tertiary/aromatic N) is 2. The van der Waals surface area contributed by atoms with Crippen molar-refractivity contribution in [1.29, 1.82) is 0 Å². The molecule has 0 saturated carbocycles. The van der Waals surface area contributed by atoms with Crippen LogP contribution in [0, 0.1) is 16.9 Å². The van der Waals surface area contributed by atoms with Gasteiger partial charge >= 0.3 is 5.97 Å². The minimum Gasteiger partial charge on any atom is -0.318 e. The summed E-state index contributed by atoms with van der Waals surface area (Å²) >= 11 is 0. The lowest BCUT2D eigenvalue weighted by molar-refractivity contribution is -0.154. The second-order valence-electron chi connectivity index (χ2n) is 7.42. The Bertz CT molecular complexity index is 768. The molecule has 0 spiro atoms. The van der Waals surface area contributed by atoms with Crippen molar-refractivity contribution in [1.82, 2.24) is 9.94 Å². The van der Waals surface area contributed by atoms with E-state index in [-0.39, 0.29) is 5.97 Å². The molecule has 22 heavy (non-hydrogen) atoms. The average Bonchev–Trinajstić information content (AvgIpc) is 2.77. The van der Waals surface area contributed by atoms with E-state index in [0.717, 1.165) is 16.5 Å². The Labute approximate surface area is 132 Å². The van der Waals surface area contributed by atoms with Crippen molar-refractivity contribution in [2.24, 2.45) is 5.41 Å². The first-order valence-electron chi connectivity index (χ1n) is 7.30. The predicted octanol–water partition coefficient (Wildman–Crippen LogP) is 3.27. The molecule has 0 aliphatic rings. The van der Waals surface area contributed by atoms with Gasteiger partial charge in [0.05, 0.1) is 11.6 Å². The zero-order chi connectivity index (χ0) is 16.5. The minimum atomic E-state index is -1.40. The summed E-state index contributed by atoms with van der Waals surface area (Å²) in [7, 11) is -1.40. The Balaban J connectivity index is 2.31. The molecule has 0 saturated heterocycles. The quantitative estimate of drug-likeness (QED) is 0.599. The van der Waals surface area contributed by atoms with Gasteiger partial charge in [0.2, 0.25) is 0 Å². The van der Waals surface area contributed by atoms with Gasteiger partial charge in [-0.2, -0.15) is 0 Å². The van der Waals surface area contributed by atoms with Gasteiger partial charge in [0.15, 0.2) is 0 Å². The first-order valence-corrected chi connectivity index (χ1v) is 10.8. The Morgan fingerprint density at radius 3 is 2.55 bits per heavy atom. The van der Waals surface area contributed by atoms with Crippen LogP contribution in [-0.2, 0) is 4.79 Å². The summed E-state index contributed by atoms with van der Waals surface area (Å²) in [4.78, 5) is 18.6. The molecule has 0 atom stereocenters. The molecule has 2 rings (SSSR count). The van der Waals surface area contributed by atoms with Crippen LogP contribution in [0.5, 0.6) is 0 Å². The van der Waals surface area contributed by atoms with Gasteiger partial charge in [0.1, 0.15) is 13.6 Å². The van der Waals surface area contributed by atoms with Gasteiger partial charge in [-0.25, -0.2) is 4.79 Å². The van der Waals surface area contributed by atoms with Crippen LogP contribution in [0.1, 0.15) is 26.3 Å². The molecular weight excluding hydrogens is 292 g/mol. The molecule has 0 aliphatic heterocycles. The normalized spacial score (nSPS) is 11.9. The van der Waals surface area contributed by atoms with Crippen molar-refractivity contribution in [3.8, 4) is 11.5 Å². The minimum absolute atomic E-state index is 0.319. The van der Waals surface area contributed by atoms with Gasteiger partial charge in [0, 0.05) is 10.9 Å². The molecule has 1 aromatic carbocycles. The topological polar surface area (TPSA) is 44.1 Å². The van der Waals surface area contributed by atoms with Gasteiger partial charge in [-0.3, -0.25) is 0 Å². The van der Waals surface area contributed by atoms with Crippen LogP contribution < -0.4 is 4.84 Å². The third kappa shape index (κ3) is 3.98. The van der Waals surface area contributed by atoms with Crippen LogP contribution in [-0.4, -0.2) is 24.0 Å². The van der Waals surface area contributed by atoms with Crippen molar-refractivity contribution < 1.29 is 9.63 Å². The summed E-state index contributed by atoms with van der Waals surface area (Å²) in [5.74, 6) is 2.90. The van der Waals surface area contributed by atoms with Crippen molar-refractivity contribution in [2.75, 3.05) is 0 Å². The predicted molar refractivity (Wildman–Crippen MR) is 91.0 cm³/mol. The van der Waals surface area contributed by atoms with Crippen molar-refractivity contribution in [3.63, 3.8) is 0 Å². The molecule has 4 nitrogen and oxygen atoms in total. The van der Waals surface area contributed by atoms with Crippen molar-refractivity contribution in [3.05, 3.63) is 30.0 Å². The third-order valence-corrected chi connectivity index (χ3v) is 3.77. The van der Waals surface area contributed by atoms with Crippen LogP contribution in [0.2, 0.25) is 19.6 Å². The second-order valence-corrected chi connectivity index (χ2v) is 12.2. The number of hydrogen-bond acceptors (Lipinski definition) is 3. The highest BCUT2D eigenvalue weighted by Crippen LogP contribution is 2.17. The summed E-state index contributed by atoms with van der Waals surface area (Å²) in [6.45, 7) is 12.1. The first-order chi connectivity index (χ1) is 10.1. The van der Waals surface area contributed by atoms with Gasteiger partial charge < -0.3 is 4.84 Å². The van der Waals surface area contributed by atoms with Crippen LogP contribution in [0.25, 0.3) is 10.9 Å². The molecular formula is C17H22N2O2Si. The molecule has 0 amide bonds. The molecule has 0 fully saturated rings. The van der Waals surface area contributed by atoms with Crippen LogP contribution in [0.15, 0.2) is 24.4 Å². The van der Waals surface area contributed by atoms with Gasteiger partial charge in [0.25, 0.3) is 0 Å². The fourth-order valence-electron chi connectivity index (χ4n) is 1.63. The molecule has 5 heteroatoms. The Morgan fingerprint density at radius 1 is 1.27 bits per heavy atom. The van der Waals surface area contributed by atoms with Crippen LogP contribution in [0.4, 0.5) is 0 Å². The molecule has 1 aromatic heterocycles.